The number of primary sulfonamides is 2. The average Bonchev–Trinajstić information content (AvgIpc) is 3.35. The van der Waals surface area contributed by atoms with Crippen LogP contribution in [-0.4, -0.2) is 40.5 Å². The van der Waals surface area contributed by atoms with Crippen LogP contribution in [0.25, 0.3) is 0 Å². The maximum absolute atomic E-state index is 13.2. The van der Waals surface area contributed by atoms with Crippen LogP contribution in [0.1, 0.15) is 41.4 Å². The van der Waals surface area contributed by atoms with Gasteiger partial charge >= 0.3 is 0 Å². The van der Waals surface area contributed by atoms with Crippen LogP contribution in [0.5, 0.6) is 11.5 Å². The average molecular weight is 619 g/mol. The van der Waals surface area contributed by atoms with Gasteiger partial charge in [-0.15, -0.1) is 0 Å². The molecule has 0 radical (unpaired) electrons. The molecular formula is C28H18N4O9S2. The van der Waals surface area contributed by atoms with Gasteiger partial charge in [0, 0.05) is 0 Å². The van der Waals surface area contributed by atoms with Crippen molar-refractivity contribution in [1.29, 1.82) is 0 Å². The first-order valence-electron chi connectivity index (χ1n) is 12.2. The van der Waals surface area contributed by atoms with E-state index in [-0.39, 0.29) is 54.9 Å². The highest BCUT2D eigenvalue weighted by molar-refractivity contribution is 7.89. The van der Waals surface area contributed by atoms with Gasteiger partial charge in [0.15, 0.2) is 0 Å². The number of ether oxygens (including phenoxy) is 1. The van der Waals surface area contributed by atoms with Crippen molar-refractivity contribution in [2.45, 2.75) is 9.79 Å². The number of anilines is 2. The van der Waals surface area contributed by atoms with Crippen molar-refractivity contribution in [3.63, 3.8) is 0 Å². The largest absolute Gasteiger partial charge is 0.457 e. The van der Waals surface area contributed by atoms with Crippen LogP contribution in [0.15, 0.2) is 94.7 Å². The van der Waals surface area contributed by atoms with Gasteiger partial charge in [0.1, 0.15) is 11.5 Å². The first-order valence-corrected chi connectivity index (χ1v) is 15.3. The van der Waals surface area contributed by atoms with Gasteiger partial charge < -0.3 is 4.74 Å². The number of sulfonamides is 2. The van der Waals surface area contributed by atoms with E-state index in [2.05, 4.69) is 0 Å². The lowest BCUT2D eigenvalue weighted by atomic mass is 10.1. The Bertz CT molecular complexity index is 1970. The van der Waals surface area contributed by atoms with Gasteiger partial charge in [0.05, 0.1) is 43.4 Å². The molecule has 0 aromatic heterocycles. The zero-order chi connectivity index (χ0) is 30.8. The topological polar surface area (TPSA) is 204 Å². The van der Waals surface area contributed by atoms with Gasteiger partial charge in [-0.3, -0.25) is 19.2 Å². The van der Waals surface area contributed by atoms with Crippen molar-refractivity contribution >= 4 is 55.1 Å². The van der Waals surface area contributed by atoms with Crippen molar-refractivity contribution in [3.05, 3.63) is 107 Å². The maximum Gasteiger partial charge on any atom is 0.266 e. The molecular weight excluding hydrogens is 600 g/mol. The maximum atomic E-state index is 13.2. The zero-order valence-electron chi connectivity index (χ0n) is 21.6. The number of imide groups is 2. The van der Waals surface area contributed by atoms with Gasteiger partial charge in [0.25, 0.3) is 23.6 Å². The quantitative estimate of drug-likeness (QED) is 0.304. The normalized spacial score (nSPS) is 14.7. The molecule has 15 heteroatoms. The predicted octanol–water partition coefficient (Wildman–Crippen LogP) is 2.37. The fourth-order valence-corrected chi connectivity index (χ4v) is 5.77. The lowest BCUT2D eigenvalue weighted by Crippen LogP contribution is -2.29. The summed E-state index contributed by atoms with van der Waals surface area (Å²) in [5.41, 5.74) is 0.580. The smallest absolute Gasteiger partial charge is 0.266 e. The lowest BCUT2D eigenvalue weighted by molar-refractivity contribution is 0.0910. The van der Waals surface area contributed by atoms with Crippen LogP contribution < -0.4 is 24.8 Å². The zero-order valence-corrected chi connectivity index (χ0v) is 23.3. The van der Waals surface area contributed by atoms with Crippen LogP contribution in [-0.2, 0) is 20.0 Å². The minimum atomic E-state index is -3.96. The molecule has 0 spiro atoms. The molecule has 4 aromatic rings. The van der Waals surface area contributed by atoms with E-state index in [1.807, 2.05) is 0 Å². The molecule has 0 saturated carbocycles. The van der Waals surface area contributed by atoms with Gasteiger partial charge in [0.2, 0.25) is 20.0 Å². The number of fused-ring (bicyclic) bond motifs is 2. The fraction of sp³-hybridized carbons (Fsp3) is 0. The Labute approximate surface area is 244 Å². The van der Waals surface area contributed by atoms with E-state index < -0.39 is 43.7 Å². The van der Waals surface area contributed by atoms with E-state index >= 15 is 0 Å². The molecule has 4 N–H and O–H groups in total. The van der Waals surface area contributed by atoms with E-state index in [9.17, 15) is 36.0 Å². The number of carbonyl (C=O) groups is 4. The SMILES string of the molecule is NS(=O)(=O)c1ccc(N2C(=O)c3ccc(Oc4ccc5c(c4)C(=O)N(c4ccc(S(N)(=O)=O)cc4)C5=O)cc3C2=O)cc1. The van der Waals surface area contributed by atoms with E-state index in [0.717, 1.165) is 9.80 Å². The van der Waals surface area contributed by atoms with Crippen LogP contribution in [0.4, 0.5) is 11.4 Å². The highest BCUT2D eigenvalue weighted by Crippen LogP contribution is 2.35. The monoisotopic (exact) mass is 618 g/mol. The molecule has 2 heterocycles. The molecule has 43 heavy (non-hydrogen) atoms. The van der Waals surface area contributed by atoms with Crippen LogP contribution in [0, 0.1) is 0 Å². The third-order valence-electron chi connectivity index (χ3n) is 6.80. The second-order valence-electron chi connectivity index (χ2n) is 9.49. The third kappa shape index (κ3) is 4.75. The van der Waals surface area contributed by atoms with Crippen LogP contribution in [0.3, 0.4) is 0 Å². The van der Waals surface area contributed by atoms with E-state index in [1.54, 1.807) is 0 Å². The lowest BCUT2D eigenvalue weighted by Gasteiger charge is -2.14. The molecule has 4 amide bonds. The fourth-order valence-electron chi connectivity index (χ4n) is 4.74. The van der Waals surface area contributed by atoms with E-state index in [4.69, 9.17) is 15.0 Å². The predicted molar refractivity (Wildman–Crippen MR) is 151 cm³/mol. The summed E-state index contributed by atoms with van der Waals surface area (Å²) in [7, 11) is -7.93. The van der Waals surface area contributed by atoms with E-state index in [0.29, 0.717) is 0 Å². The molecule has 13 nitrogen and oxygen atoms in total. The van der Waals surface area contributed by atoms with Gasteiger partial charge in [-0.2, -0.15) is 0 Å². The van der Waals surface area contributed by atoms with Crippen LogP contribution >= 0.6 is 0 Å². The summed E-state index contributed by atoms with van der Waals surface area (Å²) in [6, 6.07) is 18.3. The second-order valence-corrected chi connectivity index (χ2v) is 12.6. The molecule has 2 aliphatic heterocycles. The Morgan fingerprint density at radius 3 is 1.12 bits per heavy atom. The Morgan fingerprint density at radius 1 is 0.465 bits per heavy atom. The summed E-state index contributed by atoms with van der Waals surface area (Å²) in [6.07, 6.45) is 0. The van der Waals surface area contributed by atoms with Crippen molar-refractivity contribution < 1.29 is 40.8 Å². The van der Waals surface area contributed by atoms with Crippen LogP contribution in [0.2, 0.25) is 0 Å². The Kier molecular flexibility index (Phi) is 6.28. The number of benzene rings is 4. The number of hydrogen-bond donors (Lipinski definition) is 2. The molecule has 216 valence electrons. The number of hydrogen-bond acceptors (Lipinski definition) is 9. The van der Waals surface area contributed by atoms with E-state index in [1.165, 1.54) is 84.9 Å². The van der Waals surface area contributed by atoms with Crippen molar-refractivity contribution in [2.75, 3.05) is 9.80 Å². The summed E-state index contributed by atoms with van der Waals surface area (Å²) in [5.74, 6) is -2.22. The Balaban J connectivity index is 1.24. The molecule has 2 aliphatic rings. The van der Waals surface area contributed by atoms with Crippen molar-refractivity contribution in [2.24, 2.45) is 10.3 Å². The molecule has 0 fully saturated rings. The minimum Gasteiger partial charge on any atom is -0.457 e. The summed E-state index contributed by atoms with van der Waals surface area (Å²) < 4.78 is 52.0. The molecule has 0 saturated heterocycles. The summed E-state index contributed by atoms with van der Waals surface area (Å²) >= 11 is 0. The van der Waals surface area contributed by atoms with Crippen molar-refractivity contribution in [3.8, 4) is 11.5 Å². The second kappa shape index (κ2) is 9.67. The van der Waals surface area contributed by atoms with Gasteiger partial charge in [-0.25, -0.2) is 36.9 Å². The number of carbonyl (C=O) groups excluding carboxylic acids is 4. The highest BCUT2D eigenvalue weighted by Gasteiger charge is 2.38. The first-order chi connectivity index (χ1) is 20.2. The molecule has 6 rings (SSSR count). The first kappa shape index (κ1) is 27.9. The molecule has 0 atom stereocenters. The standard InChI is InChI=1S/C28H18N4O9S2/c29-42(37,38)19-7-1-15(2-8-19)31-25(33)21-11-5-17(13-23(21)27(31)35)41-18-6-12-22-24(14-18)28(36)32(26(22)34)16-3-9-20(10-4-16)43(30,39)40/h1-14H,(H2,29,37,38)(H2,30,39,40). The number of nitrogens with two attached hydrogens (primary N) is 2. The van der Waals surface area contributed by atoms with Gasteiger partial charge in [-0.1, -0.05) is 0 Å². The third-order valence-corrected chi connectivity index (χ3v) is 8.66. The van der Waals surface area contributed by atoms with Gasteiger partial charge in [-0.05, 0) is 84.9 Å². The Morgan fingerprint density at radius 2 is 0.791 bits per heavy atom. The Hall–Kier alpha value is -5.22. The summed E-state index contributed by atoms with van der Waals surface area (Å²) in [6.45, 7) is 0. The number of rotatable bonds is 6. The number of amides is 4. The van der Waals surface area contributed by atoms with Crippen molar-refractivity contribution in [1.82, 2.24) is 0 Å². The molecule has 0 unspecified atom stereocenters. The minimum absolute atomic E-state index is 0.0413. The summed E-state index contributed by atoms with van der Waals surface area (Å²) in [5, 5.41) is 10.2. The molecule has 4 aromatic carbocycles. The highest BCUT2D eigenvalue weighted by atomic mass is 32.2. The summed E-state index contributed by atoms with van der Waals surface area (Å²) in [4.78, 5) is 53.7. The number of nitrogens with zero attached hydrogens (tertiary/aromatic N) is 2. The molecule has 0 aliphatic carbocycles. The molecule has 0 bridgehead atoms.